The number of rotatable bonds is 3. The molecule has 112 valence electrons. The van der Waals surface area contributed by atoms with E-state index in [1.807, 2.05) is 0 Å². The summed E-state index contributed by atoms with van der Waals surface area (Å²) in [4.78, 5) is 6.69. The highest BCUT2D eigenvalue weighted by atomic mass is 19.4. The molecule has 1 aromatic carbocycles. The largest absolute Gasteiger partial charge is 0.497 e. The minimum absolute atomic E-state index is 0.0343. The van der Waals surface area contributed by atoms with Gasteiger partial charge in [0, 0.05) is 17.7 Å². The summed E-state index contributed by atoms with van der Waals surface area (Å²) in [5.74, 6) is -0.710. The van der Waals surface area contributed by atoms with Crippen molar-refractivity contribution in [2.24, 2.45) is 0 Å². The van der Waals surface area contributed by atoms with Gasteiger partial charge >= 0.3 is 6.18 Å². The van der Waals surface area contributed by atoms with Crippen molar-refractivity contribution in [1.82, 2.24) is 9.97 Å². The zero-order chi connectivity index (χ0) is 15.6. The Morgan fingerprint density at radius 1 is 0.952 bits per heavy atom. The third kappa shape index (κ3) is 3.33. The summed E-state index contributed by atoms with van der Waals surface area (Å²) in [6.07, 6.45) is -4.67. The number of halogens is 3. The molecule has 1 heterocycles. The Morgan fingerprint density at radius 2 is 1.52 bits per heavy atom. The van der Waals surface area contributed by atoms with Gasteiger partial charge in [-0.15, -0.1) is 0 Å². The average Bonchev–Trinajstić information content (AvgIpc) is 2.45. The average molecular weight is 299 g/mol. The quantitative estimate of drug-likeness (QED) is 0.943. The Labute approximate surface area is 118 Å². The molecule has 21 heavy (non-hydrogen) atoms. The first-order valence-corrected chi connectivity index (χ1v) is 5.78. The van der Waals surface area contributed by atoms with Crippen LogP contribution in [-0.2, 0) is 6.18 Å². The summed E-state index contributed by atoms with van der Waals surface area (Å²) in [6.45, 7) is 0. The van der Waals surface area contributed by atoms with Gasteiger partial charge in [0.2, 0.25) is 5.82 Å². The Kier molecular flexibility index (Phi) is 3.88. The second-order valence-corrected chi connectivity index (χ2v) is 4.10. The topological polar surface area (TPSA) is 70.3 Å². The van der Waals surface area contributed by atoms with E-state index in [1.54, 1.807) is 6.07 Å². The van der Waals surface area contributed by atoms with Crippen LogP contribution in [0, 0.1) is 0 Å². The van der Waals surface area contributed by atoms with E-state index < -0.39 is 12.0 Å². The summed E-state index contributed by atoms with van der Waals surface area (Å²) in [6, 6.07) is 5.91. The van der Waals surface area contributed by atoms with E-state index in [4.69, 9.17) is 15.2 Å². The van der Waals surface area contributed by atoms with Crippen molar-refractivity contribution in [3.63, 3.8) is 0 Å². The van der Waals surface area contributed by atoms with E-state index in [9.17, 15) is 13.2 Å². The molecule has 0 spiro atoms. The van der Waals surface area contributed by atoms with Gasteiger partial charge in [0.15, 0.2) is 0 Å². The third-order valence-corrected chi connectivity index (χ3v) is 2.65. The Morgan fingerprint density at radius 3 is 2.00 bits per heavy atom. The van der Waals surface area contributed by atoms with Crippen LogP contribution in [0.1, 0.15) is 5.82 Å². The standard InChI is InChI=1S/C13H12F3N3O2/c1-20-8-3-7(4-9(5-8)21-2)10-6-11(17)19-12(18-10)13(14,15)16/h3-6H,1-2H3,(H2,17,18,19). The van der Waals surface area contributed by atoms with Crippen molar-refractivity contribution >= 4 is 5.82 Å². The molecule has 0 atom stereocenters. The second kappa shape index (κ2) is 5.47. The lowest BCUT2D eigenvalue weighted by molar-refractivity contribution is -0.144. The van der Waals surface area contributed by atoms with Gasteiger partial charge < -0.3 is 15.2 Å². The van der Waals surface area contributed by atoms with Crippen molar-refractivity contribution in [3.8, 4) is 22.8 Å². The van der Waals surface area contributed by atoms with Gasteiger partial charge in [-0.1, -0.05) is 0 Å². The maximum absolute atomic E-state index is 12.7. The number of nitrogen functional groups attached to an aromatic ring is 1. The maximum atomic E-state index is 12.7. The van der Waals surface area contributed by atoms with E-state index >= 15 is 0 Å². The van der Waals surface area contributed by atoms with Crippen molar-refractivity contribution in [2.45, 2.75) is 6.18 Å². The summed E-state index contributed by atoms with van der Waals surface area (Å²) >= 11 is 0. The van der Waals surface area contributed by atoms with Crippen molar-refractivity contribution in [2.75, 3.05) is 20.0 Å². The van der Waals surface area contributed by atoms with Crippen LogP contribution in [-0.4, -0.2) is 24.2 Å². The predicted molar refractivity (Wildman–Crippen MR) is 70.0 cm³/mol. The number of methoxy groups -OCH3 is 2. The fraction of sp³-hybridized carbons (Fsp3) is 0.231. The van der Waals surface area contributed by atoms with Gasteiger partial charge in [-0.25, -0.2) is 9.97 Å². The molecule has 0 saturated carbocycles. The van der Waals surface area contributed by atoms with Gasteiger partial charge in [0.1, 0.15) is 17.3 Å². The van der Waals surface area contributed by atoms with Crippen LogP contribution in [0.25, 0.3) is 11.3 Å². The van der Waals surface area contributed by atoms with E-state index in [0.717, 1.165) is 0 Å². The molecule has 0 aliphatic carbocycles. The fourth-order valence-corrected chi connectivity index (χ4v) is 1.70. The first kappa shape index (κ1) is 14.9. The van der Waals surface area contributed by atoms with E-state index in [1.165, 1.54) is 32.4 Å². The SMILES string of the molecule is COc1cc(OC)cc(-c2cc(N)nc(C(F)(F)F)n2)c1. The van der Waals surface area contributed by atoms with Crippen LogP contribution >= 0.6 is 0 Å². The van der Waals surface area contributed by atoms with Gasteiger partial charge in [0.05, 0.1) is 19.9 Å². The molecule has 0 amide bonds. The molecular weight excluding hydrogens is 287 g/mol. The number of ether oxygens (including phenoxy) is 2. The lowest BCUT2D eigenvalue weighted by Crippen LogP contribution is -2.13. The summed E-state index contributed by atoms with van der Waals surface area (Å²) < 4.78 is 48.3. The molecule has 0 saturated heterocycles. The minimum atomic E-state index is -4.67. The van der Waals surface area contributed by atoms with Crippen molar-refractivity contribution in [1.29, 1.82) is 0 Å². The number of nitrogens with zero attached hydrogens (tertiary/aromatic N) is 2. The van der Waals surface area contributed by atoms with Crippen LogP contribution in [0.3, 0.4) is 0 Å². The molecule has 8 heteroatoms. The second-order valence-electron chi connectivity index (χ2n) is 4.10. The van der Waals surface area contributed by atoms with Crippen LogP contribution in [0.2, 0.25) is 0 Å². The van der Waals surface area contributed by atoms with Gasteiger partial charge in [0.25, 0.3) is 0 Å². The highest BCUT2D eigenvalue weighted by Gasteiger charge is 2.35. The van der Waals surface area contributed by atoms with Crippen LogP contribution in [0.4, 0.5) is 19.0 Å². The number of alkyl halides is 3. The Hall–Kier alpha value is -2.51. The molecule has 0 fully saturated rings. The number of aromatic nitrogens is 2. The van der Waals surface area contributed by atoms with E-state index in [0.29, 0.717) is 17.1 Å². The molecule has 5 nitrogen and oxygen atoms in total. The molecule has 1 aromatic heterocycles. The third-order valence-electron chi connectivity index (χ3n) is 2.65. The lowest BCUT2D eigenvalue weighted by Gasteiger charge is -2.11. The summed E-state index contributed by atoms with van der Waals surface area (Å²) in [5.41, 5.74) is 5.84. The predicted octanol–water partition coefficient (Wildman–Crippen LogP) is 2.76. The molecule has 2 aromatic rings. The number of hydrogen-bond donors (Lipinski definition) is 1. The highest BCUT2D eigenvalue weighted by Crippen LogP contribution is 2.32. The monoisotopic (exact) mass is 299 g/mol. The van der Waals surface area contributed by atoms with Gasteiger partial charge in [-0.3, -0.25) is 0 Å². The molecule has 2 N–H and O–H groups in total. The zero-order valence-electron chi connectivity index (χ0n) is 11.2. The number of anilines is 1. The fourth-order valence-electron chi connectivity index (χ4n) is 1.70. The normalized spacial score (nSPS) is 11.3. The van der Waals surface area contributed by atoms with Gasteiger partial charge in [-0.2, -0.15) is 13.2 Å². The number of nitrogens with two attached hydrogens (primary N) is 1. The molecule has 0 radical (unpaired) electrons. The molecule has 0 aliphatic rings. The van der Waals surface area contributed by atoms with Crippen molar-refractivity contribution < 1.29 is 22.6 Å². The summed E-state index contributed by atoms with van der Waals surface area (Å²) in [7, 11) is 2.88. The van der Waals surface area contributed by atoms with Crippen molar-refractivity contribution in [3.05, 3.63) is 30.1 Å². The van der Waals surface area contributed by atoms with E-state index in [2.05, 4.69) is 9.97 Å². The van der Waals surface area contributed by atoms with E-state index in [-0.39, 0.29) is 11.5 Å². The maximum Gasteiger partial charge on any atom is 0.451 e. The smallest absolute Gasteiger partial charge is 0.451 e. The minimum Gasteiger partial charge on any atom is -0.497 e. The van der Waals surface area contributed by atoms with Crippen LogP contribution < -0.4 is 15.2 Å². The van der Waals surface area contributed by atoms with Gasteiger partial charge in [-0.05, 0) is 12.1 Å². The highest BCUT2D eigenvalue weighted by molar-refractivity contribution is 5.66. The molecule has 0 bridgehead atoms. The lowest BCUT2D eigenvalue weighted by atomic mass is 10.1. The number of hydrogen-bond acceptors (Lipinski definition) is 5. The molecule has 0 unspecified atom stereocenters. The summed E-state index contributed by atoms with van der Waals surface area (Å²) in [5, 5.41) is 0. The first-order valence-electron chi connectivity index (χ1n) is 5.78. The Bertz CT molecular complexity index is 637. The molecular formula is C13H12F3N3O2. The van der Waals surface area contributed by atoms with Crippen LogP contribution in [0.5, 0.6) is 11.5 Å². The molecule has 0 aliphatic heterocycles. The number of benzene rings is 1. The first-order chi connectivity index (χ1) is 9.83. The van der Waals surface area contributed by atoms with Crippen LogP contribution in [0.15, 0.2) is 24.3 Å². The zero-order valence-corrected chi connectivity index (χ0v) is 11.2. The Balaban J connectivity index is 2.58. The molecule has 2 rings (SSSR count).